The zero-order valence-electron chi connectivity index (χ0n) is 14.7. The molecule has 2 fully saturated rings. The third-order valence-electron chi connectivity index (χ3n) is 4.85. The molecule has 0 aromatic heterocycles. The quantitative estimate of drug-likeness (QED) is 0.850. The second kappa shape index (κ2) is 7.89. The van der Waals surface area contributed by atoms with Gasteiger partial charge in [-0.15, -0.1) is 0 Å². The lowest BCUT2D eigenvalue weighted by molar-refractivity contribution is 0.0821. The molecule has 0 aliphatic carbocycles. The average molecular weight is 385 g/mol. The molecule has 2 aliphatic heterocycles. The first-order chi connectivity index (χ1) is 12.4. The maximum atomic E-state index is 13.0. The summed E-state index contributed by atoms with van der Waals surface area (Å²) in [5.74, 6) is -0.481. The Kier molecular flexibility index (Phi) is 5.79. The average Bonchev–Trinajstić information content (AvgIpc) is 3.17. The molecular formula is C17H24FN3O4S. The van der Waals surface area contributed by atoms with E-state index in [1.807, 2.05) is 6.92 Å². The molecular weight excluding hydrogens is 361 g/mol. The Hall–Kier alpha value is -1.71. The highest BCUT2D eigenvalue weighted by atomic mass is 32.2. The van der Waals surface area contributed by atoms with E-state index in [0.29, 0.717) is 13.1 Å². The Balaban J connectivity index is 1.54. The molecule has 2 heterocycles. The number of urea groups is 1. The van der Waals surface area contributed by atoms with Crippen molar-refractivity contribution >= 4 is 16.1 Å². The van der Waals surface area contributed by atoms with Crippen molar-refractivity contribution in [3.63, 3.8) is 0 Å². The highest BCUT2D eigenvalue weighted by Crippen LogP contribution is 2.19. The topological polar surface area (TPSA) is 79.0 Å². The summed E-state index contributed by atoms with van der Waals surface area (Å²) in [4.78, 5) is 14.1. The fourth-order valence-corrected chi connectivity index (χ4v) is 4.69. The maximum Gasteiger partial charge on any atom is 0.317 e. The Morgan fingerprint density at radius 1 is 1.23 bits per heavy atom. The molecule has 144 valence electrons. The number of hydrogen-bond donors (Lipinski definition) is 1. The number of nitrogens with one attached hydrogen (secondary N) is 1. The predicted molar refractivity (Wildman–Crippen MR) is 93.7 cm³/mol. The fraction of sp³-hybridized carbons (Fsp3) is 0.588. The van der Waals surface area contributed by atoms with Crippen LogP contribution in [0.15, 0.2) is 29.2 Å². The monoisotopic (exact) mass is 385 g/mol. The van der Waals surface area contributed by atoms with Gasteiger partial charge in [-0.25, -0.2) is 17.6 Å². The predicted octanol–water partition coefficient (Wildman–Crippen LogP) is 1.41. The first-order valence-electron chi connectivity index (χ1n) is 8.81. The van der Waals surface area contributed by atoms with Crippen LogP contribution in [-0.2, 0) is 14.8 Å². The molecule has 0 unspecified atom stereocenters. The van der Waals surface area contributed by atoms with E-state index in [2.05, 4.69) is 5.32 Å². The number of piperazine rings is 1. The highest BCUT2D eigenvalue weighted by Gasteiger charge is 2.31. The Bertz CT molecular complexity index is 727. The number of carbonyl (C=O) groups is 1. The van der Waals surface area contributed by atoms with E-state index in [1.165, 1.54) is 16.4 Å². The van der Waals surface area contributed by atoms with E-state index in [9.17, 15) is 17.6 Å². The number of sulfonamides is 1. The molecule has 1 aromatic rings. The number of ether oxygens (including phenoxy) is 1. The largest absolute Gasteiger partial charge is 0.376 e. The number of amides is 2. The number of carbonyl (C=O) groups excluding carboxylic acids is 1. The van der Waals surface area contributed by atoms with Crippen LogP contribution in [0.5, 0.6) is 0 Å². The van der Waals surface area contributed by atoms with E-state index in [-0.39, 0.29) is 36.2 Å². The van der Waals surface area contributed by atoms with Crippen LogP contribution >= 0.6 is 0 Å². The normalized spacial score (nSPS) is 23.0. The van der Waals surface area contributed by atoms with Crippen LogP contribution in [0.3, 0.4) is 0 Å². The van der Waals surface area contributed by atoms with Crippen molar-refractivity contribution in [2.24, 2.45) is 0 Å². The summed E-state index contributed by atoms with van der Waals surface area (Å²) in [5, 5.41) is 2.94. The molecule has 3 rings (SSSR count). The first-order valence-corrected chi connectivity index (χ1v) is 10.2. The summed E-state index contributed by atoms with van der Waals surface area (Å²) in [7, 11) is -3.68. The molecule has 2 amide bonds. The zero-order chi connectivity index (χ0) is 18.7. The molecule has 1 N–H and O–H groups in total. The van der Waals surface area contributed by atoms with Crippen LogP contribution in [0.2, 0.25) is 0 Å². The van der Waals surface area contributed by atoms with Crippen LogP contribution in [0.4, 0.5) is 9.18 Å². The molecule has 2 aliphatic rings. The molecule has 0 bridgehead atoms. The van der Waals surface area contributed by atoms with Gasteiger partial charge in [0.25, 0.3) is 0 Å². The second-order valence-corrected chi connectivity index (χ2v) is 8.57. The minimum absolute atomic E-state index is 0.0408. The number of rotatable bonds is 4. The summed E-state index contributed by atoms with van der Waals surface area (Å²) >= 11 is 0. The van der Waals surface area contributed by atoms with Crippen LogP contribution < -0.4 is 5.32 Å². The SMILES string of the molecule is C[C@@H](NC(=O)N1CCN(S(=O)(=O)c2ccc(F)cc2)CC1)[C@@H]1CCCO1. The number of benzene rings is 1. The Morgan fingerprint density at radius 2 is 1.88 bits per heavy atom. The summed E-state index contributed by atoms with van der Waals surface area (Å²) in [6.07, 6.45) is 1.98. The van der Waals surface area contributed by atoms with Gasteiger partial charge in [0.1, 0.15) is 5.82 Å². The van der Waals surface area contributed by atoms with Gasteiger partial charge in [0.2, 0.25) is 10.0 Å². The van der Waals surface area contributed by atoms with Crippen LogP contribution in [0, 0.1) is 5.82 Å². The summed E-state index contributed by atoms with van der Waals surface area (Å²) in [6.45, 7) is 3.69. The van der Waals surface area contributed by atoms with Crippen molar-refractivity contribution in [1.82, 2.24) is 14.5 Å². The van der Waals surface area contributed by atoms with Gasteiger partial charge >= 0.3 is 6.03 Å². The van der Waals surface area contributed by atoms with Crippen molar-refractivity contribution in [2.75, 3.05) is 32.8 Å². The van der Waals surface area contributed by atoms with E-state index in [4.69, 9.17) is 4.74 Å². The molecule has 0 radical (unpaired) electrons. The molecule has 0 saturated carbocycles. The third-order valence-corrected chi connectivity index (χ3v) is 6.76. The number of halogens is 1. The van der Waals surface area contributed by atoms with Gasteiger partial charge in [-0.1, -0.05) is 0 Å². The van der Waals surface area contributed by atoms with E-state index >= 15 is 0 Å². The van der Waals surface area contributed by atoms with Gasteiger partial charge in [-0.3, -0.25) is 0 Å². The lowest BCUT2D eigenvalue weighted by Gasteiger charge is -2.35. The molecule has 7 nitrogen and oxygen atoms in total. The Morgan fingerprint density at radius 3 is 2.46 bits per heavy atom. The number of hydrogen-bond acceptors (Lipinski definition) is 4. The van der Waals surface area contributed by atoms with Gasteiger partial charge in [-0.05, 0) is 44.0 Å². The third kappa shape index (κ3) is 4.16. The lowest BCUT2D eigenvalue weighted by atomic mass is 10.1. The zero-order valence-corrected chi connectivity index (χ0v) is 15.5. The first kappa shape index (κ1) is 19.1. The molecule has 2 saturated heterocycles. The van der Waals surface area contributed by atoms with Crippen molar-refractivity contribution in [1.29, 1.82) is 0 Å². The van der Waals surface area contributed by atoms with Gasteiger partial charge in [-0.2, -0.15) is 4.31 Å². The van der Waals surface area contributed by atoms with E-state index < -0.39 is 15.8 Å². The smallest absolute Gasteiger partial charge is 0.317 e. The number of nitrogens with zero attached hydrogens (tertiary/aromatic N) is 2. The molecule has 0 spiro atoms. The summed E-state index contributed by atoms with van der Waals surface area (Å²) < 4.78 is 45.1. The van der Waals surface area contributed by atoms with Crippen molar-refractivity contribution in [3.05, 3.63) is 30.1 Å². The van der Waals surface area contributed by atoms with Crippen molar-refractivity contribution in [3.8, 4) is 0 Å². The molecule has 1 aromatic carbocycles. The molecule has 9 heteroatoms. The van der Waals surface area contributed by atoms with Gasteiger partial charge < -0.3 is 15.0 Å². The van der Waals surface area contributed by atoms with E-state index in [1.54, 1.807) is 4.90 Å². The van der Waals surface area contributed by atoms with Gasteiger partial charge in [0.05, 0.1) is 17.0 Å². The van der Waals surface area contributed by atoms with Gasteiger partial charge in [0.15, 0.2) is 0 Å². The minimum atomic E-state index is -3.68. The molecule has 26 heavy (non-hydrogen) atoms. The summed E-state index contributed by atoms with van der Waals surface area (Å²) in [5.41, 5.74) is 0. The second-order valence-electron chi connectivity index (χ2n) is 6.63. The van der Waals surface area contributed by atoms with Crippen molar-refractivity contribution < 1.29 is 22.3 Å². The van der Waals surface area contributed by atoms with Crippen LogP contribution in [0.1, 0.15) is 19.8 Å². The van der Waals surface area contributed by atoms with Gasteiger partial charge in [0, 0.05) is 32.8 Å². The standard InChI is InChI=1S/C17H24FN3O4S/c1-13(16-3-2-12-25-16)19-17(22)20-8-10-21(11-9-20)26(23,24)15-6-4-14(18)5-7-15/h4-7,13,16H,2-3,8-12H2,1H3,(H,19,22)/t13-,16+/m1/s1. The maximum absolute atomic E-state index is 13.0. The highest BCUT2D eigenvalue weighted by molar-refractivity contribution is 7.89. The fourth-order valence-electron chi connectivity index (χ4n) is 3.26. The van der Waals surface area contributed by atoms with Crippen molar-refractivity contribution in [2.45, 2.75) is 36.8 Å². The van der Waals surface area contributed by atoms with E-state index in [0.717, 1.165) is 31.6 Å². The molecule has 2 atom stereocenters. The van der Waals surface area contributed by atoms with Crippen LogP contribution in [-0.4, -0.2) is 68.6 Å². The lowest BCUT2D eigenvalue weighted by Crippen LogP contribution is -2.55. The summed E-state index contributed by atoms with van der Waals surface area (Å²) in [6, 6.07) is 4.49. The Labute approximate surface area is 153 Å². The minimum Gasteiger partial charge on any atom is -0.376 e. The van der Waals surface area contributed by atoms with Crippen LogP contribution in [0.25, 0.3) is 0 Å².